The minimum absolute atomic E-state index is 0.0734. The average molecular weight is 307 g/mol. The van der Waals surface area contributed by atoms with Crippen LogP contribution in [0.4, 0.5) is 5.69 Å². The van der Waals surface area contributed by atoms with E-state index in [2.05, 4.69) is 17.2 Å². The maximum Gasteiger partial charge on any atom is 0.270 e. The van der Waals surface area contributed by atoms with Crippen LogP contribution >= 0.6 is 11.3 Å². The van der Waals surface area contributed by atoms with E-state index in [1.165, 1.54) is 17.4 Å². The molecule has 0 spiro atoms. The molecular weight excluding hydrogens is 290 g/mol. The number of thiazole rings is 1. The molecule has 1 aromatic carbocycles. The van der Waals surface area contributed by atoms with E-state index in [9.17, 15) is 10.1 Å². The molecular formula is C14H17N3O3S. The number of benzene rings is 1. The number of aromatic nitrogens is 1. The third kappa shape index (κ3) is 4.51. The first-order valence-electron chi connectivity index (χ1n) is 6.68. The quantitative estimate of drug-likeness (QED) is 0.460. The molecule has 0 amide bonds. The predicted octanol–water partition coefficient (Wildman–Crippen LogP) is 3.13. The number of nitrogens with zero attached hydrogens (tertiary/aromatic N) is 2. The molecule has 0 bridgehead atoms. The van der Waals surface area contributed by atoms with Gasteiger partial charge in [-0.3, -0.25) is 10.1 Å². The van der Waals surface area contributed by atoms with Crippen LogP contribution in [0.1, 0.15) is 24.6 Å². The van der Waals surface area contributed by atoms with Crippen molar-refractivity contribution in [3.63, 3.8) is 0 Å². The van der Waals surface area contributed by atoms with Gasteiger partial charge in [0.2, 0.25) is 0 Å². The molecule has 2 rings (SSSR count). The van der Waals surface area contributed by atoms with Crippen molar-refractivity contribution in [2.75, 3.05) is 6.54 Å². The van der Waals surface area contributed by atoms with Gasteiger partial charge in [-0.1, -0.05) is 6.92 Å². The van der Waals surface area contributed by atoms with Crippen LogP contribution in [0.3, 0.4) is 0 Å². The van der Waals surface area contributed by atoms with E-state index in [1.54, 1.807) is 17.6 Å². The monoisotopic (exact) mass is 307 g/mol. The van der Waals surface area contributed by atoms with Crippen LogP contribution in [0.2, 0.25) is 0 Å². The number of hydrogen-bond acceptors (Lipinski definition) is 6. The molecule has 0 unspecified atom stereocenters. The minimum atomic E-state index is -0.395. The molecule has 7 heteroatoms. The topological polar surface area (TPSA) is 77.3 Å². The normalized spacial score (nSPS) is 10.5. The van der Waals surface area contributed by atoms with Crippen LogP contribution in [0, 0.1) is 10.1 Å². The van der Waals surface area contributed by atoms with E-state index in [0.717, 1.165) is 24.2 Å². The summed E-state index contributed by atoms with van der Waals surface area (Å²) >= 11 is 1.51. The first kappa shape index (κ1) is 15.4. The Bertz CT molecular complexity index is 587. The molecule has 21 heavy (non-hydrogen) atoms. The van der Waals surface area contributed by atoms with E-state index < -0.39 is 4.92 Å². The Labute approximate surface area is 126 Å². The summed E-state index contributed by atoms with van der Waals surface area (Å²) in [5, 5.41) is 16.0. The molecule has 1 aromatic heterocycles. The van der Waals surface area contributed by atoms with Crippen LogP contribution in [0.5, 0.6) is 5.75 Å². The van der Waals surface area contributed by atoms with Gasteiger partial charge in [-0.2, -0.15) is 0 Å². The highest BCUT2D eigenvalue weighted by molar-refractivity contribution is 7.07. The lowest BCUT2D eigenvalue weighted by Crippen LogP contribution is -2.15. The first-order chi connectivity index (χ1) is 10.2. The summed E-state index contributed by atoms with van der Waals surface area (Å²) in [7, 11) is 0. The molecule has 2 aromatic rings. The second-order valence-corrected chi connectivity index (χ2v) is 5.21. The molecule has 1 N–H and O–H groups in total. The highest BCUT2D eigenvalue weighted by Crippen LogP contribution is 2.25. The van der Waals surface area contributed by atoms with Crippen LogP contribution < -0.4 is 10.1 Å². The summed E-state index contributed by atoms with van der Waals surface area (Å²) in [4.78, 5) is 14.6. The fourth-order valence-corrected chi connectivity index (χ4v) is 2.36. The van der Waals surface area contributed by atoms with Gasteiger partial charge in [0.05, 0.1) is 16.1 Å². The van der Waals surface area contributed by atoms with Gasteiger partial charge in [-0.05, 0) is 19.0 Å². The molecule has 0 aliphatic rings. The van der Waals surface area contributed by atoms with Gasteiger partial charge in [0.25, 0.3) is 5.69 Å². The summed E-state index contributed by atoms with van der Waals surface area (Å²) < 4.78 is 5.73. The molecule has 1 heterocycles. The fourth-order valence-electron chi connectivity index (χ4n) is 1.82. The number of rotatable bonds is 8. The zero-order valence-electron chi connectivity index (χ0n) is 11.7. The van der Waals surface area contributed by atoms with Crippen molar-refractivity contribution in [2.24, 2.45) is 0 Å². The Kier molecular flexibility index (Phi) is 5.65. The molecule has 112 valence electrons. The maximum absolute atomic E-state index is 10.9. The van der Waals surface area contributed by atoms with Crippen molar-refractivity contribution >= 4 is 17.0 Å². The number of nitrogens with one attached hydrogen (secondary N) is 1. The lowest BCUT2D eigenvalue weighted by molar-refractivity contribution is -0.384. The van der Waals surface area contributed by atoms with Crippen LogP contribution in [0.15, 0.2) is 29.1 Å². The average Bonchev–Trinajstić information content (AvgIpc) is 2.99. The third-order valence-electron chi connectivity index (χ3n) is 2.86. The molecule has 0 atom stereocenters. The molecule has 0 fully saturated rings. The Balaban J connectivity index is 2.11. The highest BCUT2D eigenvalue weighted by atomic mass is 32.1. The third-order valence-corrected chi connectivity index (χ3v) is 3.49. The number of hydrogen-bond donors (Lipinski definition) is 1. The molecule has 0 radical (unpaired) electrons. The van der Waals surface area contributed by atoms with Crippen LogP contribution in [-0.2, 0) is 13.2 Å². The number of nitro groups is 1. The zero-order valence-corrected chi connectivity index (χ0v) is 12.6. The van der Waals surface area contributed by atoms with Gasteiger partial charge < -0.3 is 10.1 Å². The van der Waals surface area contributed by atoms with E-state index in [-0.39, 0.29) is 5.69 Å². The van der Waals surface area contributed by atoms with Crippen molar-refractivity contribution in [1.82, 2.24) is 10.3 Å². The van der Waals surface area contributed by atoms with Gasteiger partial charge >= 0.3 is 0 Å². The Hall–Kier alpha value is -1.99. The van der Waals surface area contributed by atoms with Gasteiger partial charge in [0, 0.05) is 29.6 Å². The number of non-ortho nitro benzene ring substituents is 1. The molecule has 0 saturated heterocycles. The lowest BCUT2D eigenvalue weighted by Gasteiger charge is -2.11. The molecule has 0 aliphatic heterocycles. The van der Waals surface area contributed by atoms with E-state index in [4.69, 9.17) is 4.74 Å². The van der Waals surface area contributed by atoms with Gasteiger partial charge in [0.15, 0.2) is 0 Å². The summed E-state index contributed by atoms with van der Waals surface area (Å²) in [5.41, 5.74) is 3.46. The standard InChI is InChI=1S/C14H17N3O3S/c1-2-5-15-7-11-6-13(17(18)19)3-4-14(11)20-8-12-9-21-10-16-12/h3-4,6,9-10,15H,2,5,7-8H2,1H3. The van der Waals surface area contributed by atoms with Crippen molar-refractivity contribution in [3.8, 4) is 5.75 Å². The Morgan fingerprint density at radius 2 is 2.33 bits per heavy atom. The second kappa shape index (κ2) is 7.70. The lowest BCUT2D eigenvalue weighted by atomic mass is 10.1. The van der Waals surface area contributed by atoms with Gasteiger partial charge in [0.1, 0.15) is 12.4 Å². The van der Waals surface area contributed by atoms with E-state index >= 15 is 0 Å². The highest BCUT2D eigenvalue weighted by Gasteiger charge is 2.12. The smallest absolute Gasteiger partial charge is 0.270 e. The van der Waals surface area contributed by atoms with Crippen molar-refractivity contribution in [1.29, 1.82) is 0 Å². The largest absolute Gasteiger partial charge is 0.487 e. The molecule has 6 nitrogen and oxygen atoms in total. The Morgan fingerprint density at radius 1 is 1.48 bits per heavy atom. The van der Waals surface area contributed by atoms with E-state index in [1.807, 2.05) is 5.38 Å². The zero-order chi connectivity index (χ0) is 15.1. The van der Waals surface area contributed by atoms with Gasteiger partial charge in [-0.25, -0.2) is 4.98 Å². The fraction of sp³-hybridized carbons (Fsp3) is 0.357. The molecule has 0 aliphatic carbocycles. The second-order valence-electron chi connectivity index (χ2n) is 4.49. The maximum atomic E-state index is 10.9. The summed E-state index contributed by atoms with van der Waals surface area (Å²) in [6.45, 7) is 3.83. The number of nitro benzene ring substituents is 1. The minimum Gasteiger partial charge on any atom is -0.487 e. The van der Waals surface area contributed by atoms with Gasteiger partial charge in [-0.15, -0.1) is 11.3 Å². The van der Waals surface area contributed by atoms with Crippen molar-refractivity contribution in [3.05, 3.63) is 50.5 Å². The summed E-state index contributed by atoms with van der Waals surface area (Å²) in [5.74, 6) is 0.650. The summed E-state index contributed by atoms with van der Waals surface area (Å²) in [6, 6.07) is 4.66. The van der Waals surface area contributed by atoms with Crippen molar-refractivity contribution in [2.45, 2.75) is 26.5 Å². The predicted molar refractivity (Wildman–Crippen MR) is 81.5 cm³/mol. The van der Waals surface area contributed by atoms with Crippen molar-refractivity contribution < 1.29 is 9.66 Å². The first-order valence-corrected chi connectivity index (χ1v) is 7.63. The number of ether oxygens (including phenoxy) is 1. The van der Waals surface area contributed by atoms with Crippen LogP contribution in [0.25, 0.3) is 0 Å². The van der Waals surface area contributed by atoms with Crippen LogP contribution in [-0.4, -0.2) is 16.5 Å². The SMILES string of the molecule is CCCNCc1cc([N+](=O)[O-])ccc1OCc1cscn1. The summed E-state index contributed by atoms with van der Waals surface area (Å²) in [6.07, 6.45) is 1.00. The Morgan fingerprint density at radius 3 is 3.00 bits per heavy atom. The van der Waals surface area contributed by atoms with E-state index in [0.29, 0.717) is 18.9 Å². The molecule has 0 saturated carbocycles.